The van der Waals surface area contributed by atoms with Gasteiger partial charge in [0, 0.05) is 6.04 Å². The molecule has 0 spiro atoms. The molecule has 0 amide bonds. The van der Waals surface area contributed by atoms with Gasteiger partial charge in [0.2, 0.25) is 0 Å². The van der Waals surface area contributed by atoms with Gasteiger partial charge in [-0.25, -0.2) is 4.39 Å². The van der Waals surface area contributed by atoms with Crippen LogP contribution in [0.4, 0.5) is 4.39 Å². The largest absolute Gasteiger partial charge is 0.310 e. The second kappa shape index (κ2) is 7.46. The number of hydrogen-bond donors (Lipinski definition) is 1. The van der Waals surface area contributed by atoms with E-state index in [0.717, 1.165) is 31.4 Å². The molecule has 1 unspecified atom stereocenters. The molecule has 1 aromatic rings. The van der Waals surface area contributed by atoms with Crippen LogP contribution >= 0.6 is 11.6 Å². The van der Waals surface area contributed by atoms with Gasteiger partial charge < -0.3 is 5.32 Å². The van der Waals surface area contributed by atoms with Crippen LogP contribution in [0.3, 0.4) is 0 Å². The van der Waals surface area contributed by atoms with E-state index in [4.69, 9.17) is 11.6 Å². The predicted molar refractivity (Wildman–Crippen MR) is 71.9 cm³/mol. The van der Waals surface area contributed by atoms with E-state index < -0.39 is 0 Å². The van der Waals surface area contributed by atoms with Gasteiger partial charge >= 0.3 is 0 Å². The van der Waals surface area contributed by atoms with Crippen molar-refractivity contribution in [1.29, 1.82) is 0 Å². The first-order chi connectivity index (χ1) is 8.20. The van der Waals surface area contributed by atoms with Crippen molar-refractivity contribution < 1.29 is 4.39 Å². The molecular weight excluding hydrogens is 237 g/mol. The monoisotopic (exact) mass is 255 g/mol. The summed E-state index contributed by atoms with van der Waals surface area (Å²) < 4.78 is 13.4. The number of rotatable bonds is 7. The highest BCUT2D eigenvalue weighted by molar-refractivity contribution is 6.31. The van der Waals surface area contributed by atoms with Crippen LogP contribution in [0.5, 0.6) is 0 Å². The number of halogens is 2. The molecule has 0 bridgehead atoms. The molecule has 1 nitrogen and oxygen atoms in total. The fourth-order valence-electron chi connectivity index (χ4n) is 1.76. The zero-order chi connectivity index (χ0) is 12.7. The molecule has 0 radical (unpaired) electrons. The minimum Gasteiger partial charge on any atom is -0.310 e. The summed E-state index contributed by atoms with van der Waals surface area (Å²) in [5.74, 6) is -0.355. The predicted octanol–water partition coefficient (Wildman–Crippen LogP) is 4.49. The second-order valence-corrected chi connectivity index (χ2v) is 4.39. The van der Waals surface area contributed by atoms with Crippen molar-refractivity contribution in [2.45, 2.75) is 32.2 Å². The lowest BCUT2D eigenvalue weighted by atomic mass is 10.0. The Labute approximate surface area is 108 Å². The standard InChI is InChI=1S/C14H19ClFN/c1-3-5-9-13(17-10-4-2)11-7-6-8-12(16)14(11)15/h3,6-8,13,17H,1,4-5,9-10H2,2H3. The summed E-state index contributed by atoms with van der Waals surface area (Å²) in [6.07, 6.45) is 4.67. The van der Waals surface area contributed by atoms with Crippen LogP contribution in [0, 0.1) is 5.82 Å². The molecule has 17 heavy (non-hydrogen) atoms. The lowest BCUT2D eigenvalue weighted by molar-refractivity contribution is 0.499. The lowest BCUT2D eigenvalue weighted by Crippen LogP contribution is -2.22. The molecule has 0 aromatic heterocycles. The molecule has 0 fully saturated rings. The topological polar surface area (TPSA) is 12.0 Å². The molecule has 1 atom stereocenters. The Kier molecular flexibility index (Phi) is 6.23. The van der Waals surface area contributed by atoms with Crippen molar-refractivity contribution in [3.8, 4) is 0 Å². The van der Waals surface area contributed by atoms with Gasteiger partial charge in [0.1, 0.15) is 5.82 Å². The first kappa shape index (κ1) is 14.2. The van der Waals surface area contributed by atoms with E-state index >= 15 is 0 Å². The van der Waals surface area contributed by atoms with Crippen LogP contribution < -0.4 is 5.32 Å². The Morgan fingerprint density at radius 2 is 2.29 bits per heavy atom. The molecule has 0 aliphatic carbocycles. The highest BCUT2D eigenvalue weighted by atomic mass is 35.5. The second-order valence-electron chi connectivity index (χ2n) is 4.02. The van der Waals surface area contributed by atoms with Crippen LogP contribution in [-0.4, -0.2) is 6.54 Å². The van der Waals surface area contributed by atoms with Gasteiger partial charge in [-0.05, 0) is 37.4 Å². The van der Waals surface area contributed by atoms with E-state index in [0.29, 0.717) is 0 Å². The summed E-state index contributed by atoms with van der Waals surface area (Å²) in [6, 6.07) is 5.06. The smallest absolute Gasteiger partial charge is 0.142 e. The molecule has 94 valence electrons. The molecule has 1 rings (SSSR count). The average molecular weight is 256 g/mol. The van der Waals surface area contributed by atoms with Gasteiger partial charge in [-0.3, -0.25) is 0 Å². The highest BCUT2D eigenvalue weighted by Crippen LogP contribution is 2.28. The molecule has 3 heteroatoms. The van der Waals surface area contributed by atoms with E-state index in [1.165, 1.54) is 6.07 Å². The molecule has 0 aliphatic rings. The van der Waals surface area contributed by atoms with Crippen molar-refractivity contribution in [3.05, 3.63) is 47.3 Å². The Balaban J connectivity index is 2.86. The summed E-state index contributed by atoms with van der Waals surface area (Å²) >= 11 is 6.00. The van der Waals surface area contributed by atoms with Crippen LogP contribution in [-0.2, 0) is 0 Å². The van der Waals surface area contributed by atoms with Gasteiger partial charge in [0.15, 0.2) is 0 Å². The van der Waals surface area contributed by atoms with Gasteiger partial charge in [0.25, 0.3) is 0 Å². The maximum atomic E-state index is 13.4. The highest BCUT2D eigenvalue weighted by Gasteiger charge is 2.15. The Hall–Kier alpha value is -0.860. The number of allylic oxidation sites excluding steroid dienone is 1. The first-order valence-corrected chi connectivity index (χ1v) is 6.36. The van der Waals surface area contributed by atoms with Crippen molar-refractivity contribution in [2.75, 3.05) is 6.54 Å². The van der Waals surface area contributed by atoms with Crippen LogP contribution in [0.15, 0.2) is 30.9 Å². The summed E-state index contributed by atoms with van der Waals surface area (Å²) in [5.41, 5.74) is 0.835. The quantitative estimate of drug-likeness (QED) is 0.708. The van der Waals surface area contributed by atoms with Gasteiger partial charge in [0.05, 0.1) is 5.02 Å². The summed E-state index contributed by atoms with van der Waals surface area (Å²) in [6.45, 7) is 6.71. The lowest BCUT2D eigenvalue weighted by Gasteiger charge is -2.19. The van der Waals surface area contributed by atoms with Crippen molar-refractivity contribution in [1.82, 2.24) is 5.32 Å². The van der Waals surface area contributed by atoms with Gasteiger partial charge in [-0.1, -0.05) is 36.7 Å². The molecule has 0 aliphatic heterocycles. The van der Waals surface area contributed by atoms with E-state index in [-0.39, 0.29) is 16.9 Å². The third-order valence-electron chi connectivity index (χ3n) is 2.66. The minimum atomic E-state index is -0.355. The third-order valence-corrected chi connectivity index (χ3v) is 3.06. The van der Waals surface area contributed by atoms with E-state index in [9.17, 15) is 4.39 Å². The van der Waals surface area contributed by atoms with E-state index in [1.807, 2.05) is 12.1 Å². The average Bonchev–Trinajstić information content (AvgIpc) is 2.34. The van der Waals surface area contributed by atoms with Crippen LogP contribution in [0.2, 0.25) is 5.02 Å². The zero-order valence-corrected chi connectivity index (χ0v) is 10.9. The summed E-state index contributed by atoms with van der Waals surface area (Å²) in [4.78, 5) is 0. The van der Waals surface area contributed by atoms with Crippen molar-refractivity contribution in [3.63, 3.8) is 0 Å². The Morgan fingerprint density at radius 3 is 2.94 bits per heavy atom. The molecule has 0 heterocycles. The fourth-order valence-corrected chi connectivity index (χ4v) is 2.02. The van der Waals surface area contributed by atoms with E-state index in [1.54, 1.807) is 6.07 Å². The summed E-state index contributed by atoms with van der Waals surface area (Å²) in [5, 5.41) is 3.62. The van der Waals surface area contributed by atoms with Crippen LogP contribution in [0.25, 0.3) is 0 Å². The SMILES string of the molecule is C=CCCC(NCCC)c1cccc(F)c1Cl. The maximum Gasteiger partial charge on any atom is 0.142 e. The molecular formula is C14H19ClFN. The Bertz CT molecular complexity index is 365. The zero-order valence-electron chi connectivity index (χ0n) is 10.2. The normalized spacial score (nSPS) is 12.4. The molecule has 1 N–H and O–H groups in total. The van der Waals surface area contributed by atoms with E-state index in [2.05, 4.69) is 18.8 Å². The molecule has 0 saturated heterocycles. The maximum absolute atomic E-state index is 13.4. The Morgan fingerprint density at radius 1 is 1.53 bits per heavy atom. The first-order valence-electron chi connectivity index (χ1n) is 5.98. The number of nitrogens with one attached hydrogen (secondary N) is 1. The minimum absolute atomic E-state index is 0.0937. The fraction of sp³-hybridized carbons (Fsp3) is 0.429. The number of hydrogen-bond acceptors (Lipinski definition) is 1. The van der Waals surface area contributed by atoms with Gasteiger partial charge in [-0.2, -0.15) is 0 Å². The van der Waals surface area contributed by atoms with Crippen molar-refractivity contribution >= 4 is 11.6 Å². The summed E-state index contributed by atoms with van der Waals surface area (Å²) in [7, 11) is 0. The van der Waals surface area contributed by atoms with Crippen LogP contribution in [0.1, 0.15) is 37.8 Å². The molecule has 1 aromatic carbocycles. The number of benzene rings is 1. The third kappa shape index (κ3) is 4.14. The van der Waals surface area contributed by atoms with Gasteiger partial charge in [-0.15, -0.1) is 6.58 Å². The molecule has 0 saturated carbocycles. The van der Waals surface area contributed by atoms with Crippen molar-refractivity contribution in [2.24, 2.45) is 0 Å².